The minimum Gasteiger partial charge on any atom is -0.370 e. The summed E-state index contributed by atoms with van der Waals surface area (Å²) in [6, 6.07) is 3.27. The summed E-state index contributed by atoms with van der Waals surface area (Å²) in [5.41, 5.74) is 0. The second-order valence-electron chi connectivity index (χ2n) is 4.89. The molecule has 0 aliphatic heterocycles. The molecular formula is C13H24N4O2S. The van der Waals surface area contributed by atoms with Crippen molar-refractivity contribution in [2.75, 3.05) is 46.1 Å². The lowest BCUT2D eigenvalue weighted by Gasteiger charge is -2.18. The molecule has 0 bridgehead atoms. The van der Waals surface area contributed by atoms with Crippen molar-refractivity contribution in [3.05, 3.63) is 18.3 Å². The van der Waals surface area contributed by atoms with E-state index >= 15 is 0 Å². The molecule has 1 rings (SSSR count). The summed E-state index contributed by atoms with van der Waals surface area (Å²) in [6.07, 6.45) is 2.20. The van der Waals surface area contributed by atoms with E-state index in [0.717, 1.165) is 19.5 Å². The molecule has 0 radical (unpaired) electrons. The Morgan fingerprint density at radius 1 is 1.20 bits per heavy atom. The molecule has 0 saturated carbocycles. The van der Waals surface area contributed by atoms with Gasteiger partial charge in [-0.1, -0.05) is 0 Å². The fraction of sp³-hybridized carbons (Fsp3) is 0.615. The minimum absolute atomic E-state index is 0.228. The van der Waals surface area contributed by atoms with E-state index in [1.807, 2.05) is 25.9 Å². The molecular weight excluding hydrogens is 276 g/mol. The van der Waals surface area contributed by atoms with Gasteiger partial charge in [-0.15, -0.1) is 0 Å². The third-order valence-corrected chi connectivity index (χ3v) is 4.72. The number of aromatic nitrogens is 1. The number of pyridine rings is 1. The van der Waals surface area contributed by atoms with Crippen molar-refractivity contribution in [1.82, 2.24) is 14.2 Å². The van der Waals surface area contributed by atoms with E-state index in [-0.39, 0.29) is 4.90 Å². The van der Waals surface area contributed by atoms with Gasteiger partial charge in [-0.2, -0.15) is 0 Å². The Balaban J connectivity index is 2.71. The van der Waals surface area contributed by atoms with Gasteiger partial charge >= 0.3 is 0 Å². The number of nitrogens with one attached hydrogen (secondary N) is 1. The first-order chi connectivity index (χ1) is 9.37. The molecule has 6 nitrogen and oxygen atoms in total. The maximum Gasteiger partial charge on any atom is 0.244 e. The van der Waals surface area contributed by atoms with Gasteiger partial charge in [0.15, 0.2) is 0 Å². The van der Waals surface area contributed by atoms with Crippen molar-refractivity contribution < 1.29 is 8.42 Å². The molecule has 0 aliphatic rings. The highest BCUT2D eigenvalue weighted by Crippen LogP contribution is 2.15. The van der Waals surface area contributed by atoms with Crippen molar-refractivity contribution in [1.29, 1.82) is 0 Å². The van der Waals surface area contributed by atoms with Gasteiger partial charge in [-0.05, 0) is 46.1 Å². The molecule has 0 aromatic carbocycles. The molecule has 7 heteroatoms. The highest BCUT2D eigenvalue weighted by atomic mass is 32.2. The van der Waals surface area contributed by atoms with Crippen molar-refractivity contribution in [3.63, 3.8) is 0 Å². The second-order valence-corrected chi connectivity index (χ2v) is 6.94. The lowest BCUT2D eigenvalue weighted by Crippen LogP contribution is -2.30. The van der Waals surface area contributed by atoms with Crippen LogP contribution in [0.5, 0.6) is 0 Å². The van der Waals surface area contributed by atoms with Crippen LogP contribution in [0.4, 0.5) is 5.82 Å². The lowest BCUT2D eigenvalue weighted by molar-refractivity contribution is 0.370. The van der Waals surface area contributed by atoms with Crippen molar-refractivity contribution in [3.8, 4) is 0 Å². The molecule has 1 aromatic heterocycles. The van der Waals surface area contributed by atoms with Gasteiger partial charge in [0.1, 0.15) is 10.7 Å². The Morgan fingerprint density at radius 3 is 2.40 bits per heavy atom. The Labute approximate surface area is 121 Å². The molecule has 0 fully saturated rings. The topological polar surface area (TPSA) is 65.5 Å². The first-order valence-electron chi connectivity index (χ1n) is 6.69. The Morgan fingerprint density at radius 2 is 1.90 bits per heavy atom. The van der Waals surface area contributed by atoms with Gasteiger partial charge in [0.25, 0.3) is 0 Å². The first kappa shape index (κ1) is 16.9. The third kappa shape index (κ3) is 4.73. The van der Waals surface area contributed by atoms with Gasteiger partial charge in [-0.25, -0.2) is 17.7 Å². The number of sulfonamides is 1. The lowest BCUT2D eigenvalue weighted by atomic mass is 10.4. The summed E-state index contributed by atoms with van der Waals surface area (Å²) < 4.78 is 26.0. The zero-order chi connectivity index (χ0) is 15.2. The van der Waals surface area contributed by atoms with Crippen LogP contribution < -0.4 is 5.32 Å². The largest absolute Gasteiger partial charge is 0.370 e. The molecule has 114 valence electrons. The number of nitrogens with zero attached hydrogens (tertiary/aromatic N) is 3. The normalized spacial score (nSPS) is 12.1. The standard InChI is InChI=1S/C13H24N4O2S/c1-5-14-13-8-7-12(11-15-13)20(18,19)17(4)10-6-9-16(2)3/h7-8,11H,5-6,9-10H2,1-4H3,(H,14,15). The zero-order valence-electron chi connectivity index (χ0n) is 12.6. The van der Waals surface area contributed by atoms with E-state index < -0.39 is 10.0 Å². The molecule has 0 unspecified atom stereocenters. The summed E-state index contributed by atoms with van der Waals surface area (Å²) in [7, 11) is 2.10. The van der Waals surface area contributed by atoms with Crippen LogP contribution in [0, 0.1) is 0 Å². The van der Waals surface area contributed by atoms with Crippen LogP contribution in [0.15, 0.2) is 23.2 Å². The maximum absolute atomic E-state index is 12.3. The molecule has 0 spiro atoms. The van der Waals surface area contributed by atoms with Crippen molar-refractivity contribution in [2.45, 2.75) is 18.2 Å². The van der Waals surface area contributed by atoms with Crippen molar-refractivity contribution >= 4 is 15.8 Å². The monoisotopic (exact) mass is 300 g/mol. The van der Waals surface area contributed by atoms with E-state index in [2.05, 4.69) is 10.3 Å². The average molecular weight is 300 g/mol. The van der Waals surface area contributed by atoms with Crippen LogP contribution in [0.3, 0.4) is 0 Å². The van der Waals surface area contributed by atoms with E-state index in [1.54, 1.807) is 19.2 Å². The number of hydrogen-bond acceptors (Lipinski definition) is 5. The molecule has 0 saturated heterocycles. The van der Waals surface area contributed by atoms with Crippen LogP contribution in [-0.2, 0) is 10.0 Å². The van der Waals surface area contributed by atoms with E-state index in [9.17, 15) is 8.42 Å². The number of anilines is 1. The van der Waals surface area contributed by atoms with Gasteiger partial charge in [0.2, 0.25) is 10.0 Å². The molecule has 1 heterocycles. The quantitative estimate of drug-likeness (QED) is 0.778. The van der Waals surface area contributed by atoms with Crippen LogP contribution in [-0.4, -0.2) is 63.4 Å². The summed E-state index contributed by atoms with van der Waals surface area (Å²) >= 11 is 0. The predicted octanol–water partition coefficient (Wildman–Crippen LogP) is 1.09. The van der Waals surface area contributed by atoms with Crippen LogP contribution in [0.2, 0.25) is 0 Å². The molecule has 0 amide bonds. The third-order valence-electron chi connectivity index (χ3n) is 2.88. The summed E-state index contributed by atoms with van der Waals surface area (Å²) in [6.45, 7) is 4.07. The first-order valence-corrected chi connectivity index (χ1v) is 8.13. The van der Waals surface area contributed by atoms with Crippen LogP contribution >= 0.6 is 0 Å². The van der Waals surface area contributed by atoms with E-state index in [1.165, 1.54) is 10.5 Å². The molecule has 0 aliphatic carbocycles. The maximum atomic E-state index is 12.3. The summed E-state index contributed by atoms with van der Waals surface area (Å²) in [5, 5.41) is 3.04. The Kier molecular flexibility index (Phi) is 6.38. The summed E-state index contributed by atoms with van der Waals surface area (Å²) in [5.74, 6) is 0.682. The fourth-order valence-corrected chi connectivity index (χ4v) is 2.88. The van der Waals surface area contributed by atoms with Gasteiger partial charge in [0, 0.05) is 26.3 Å². The Bertz CT molecular complexity index is 500. The van der Waals surface area contributed by atoms with Crippen molar-refractivity contribution in [2.24, 2.45) is 0 Å². The predicted molar refractivity (Wildman–Crippen MR) is 81.4 cm³/mol. The smallest absolute Gasteiger partial charge is 0.244 e. The number of rotatable bonds is 8. The molecule has 1 N–H and O–H groups in total. The minimum atomic E-state index is -3.44. The molecule has 1 aromatic rings. The summed E-state index contributed by atoms with van der Waals surface area (Å²) in [4.78, 5) is 6.36. The highest BCUT2D eigenvalue weighted by molar-refractivity contribution is 7.89. The molecule has 0 atom stereocenters. The second kappa shape index (κ2) is 7.56. The number of hydrogen-bond donors (Lipinski definition) is 1. The zero-order valence-corrected chi connectivity index (χ0v) is 13.4. The molecule has 20 heavy (non-hydrogen) atoms. The average Bonchev–Trinajstić information content (AvgIpc) is 2.39. The SMILES string of the molecule is CCNc1ccc(S(=O)(=O)N(C)CCCN(C)C)cn1. The fourth-order valence-electron chi connectivity index (χ4n) is 1.73. The van der Waals surface area contributed by atoms with Gasteiger partial charge in [-0.3, -0.25) is 0 Å². The van der Waals surface area contributed by atoms with E-state index in [4.69, 9.17) is 0 Å². The van der Waals surface area contributed by atoms with Gasteiger partial charge in [0.05, 0.1) is 0 Å². The highest BCUT2D eigenvalue weighted by Gasteiger charge is 2.20. The van der Waals surface area contributed by atoms with E-state index in [0.29, 0.717) is 12.4 Å². The van der Waals surface area contributed by atoms with Crippen LogP contribution in [0.1, 0.15) is 13.3 Å². The van der Waals surface area contributed by atoms with Crippen LogP contribution in [0.25, 0.3) is 0 Å². The Hall–Kier alpha value is -1.18. The van der Waals surface area contributed by atoms with Gasteiger partial charge < -0.3 is 10.2 Å².